The van der Waals surface area contributed by atoms with Gasteiger partial charge in [-0.2, -0.15) is 0 Å². The third-order valence-electron chi connectivity index (χ3n) is 2.56. The van der Waals surface area contributed by atoms with Crippen LogP contribution in [-0.4, -0.2) is 23.9 Å². The molecule has 0 aliphatic rings. The molecule has 0 saturated carbocycles. The lowest BCUT2D eigenvalue weighted by molar-refractivity contribution is -0.126. The van der Waals surface area contributed by atoms with Gasteiger partial charge in [0.25, 0.3) is 5.91 Å². The van der Waals surface area contributed by atoms with Crippen molar-refractivity contribution in [3.8, 4) is 0 Å². The van der Waals surface area contributed by atoms with E-state index in [1.807, 2.05) is 37.9 Å². The molecule has 0 aromatic carbocycles. The number of rotatable bonds is 5. The molecular weight excluding hydrogens is 206 g/mol. The molecule has 16 heavy (non-hydrogen) atoms. The Balaban J connectivity index is 2.62. The van der Waals surface area contributed by atoms with Crippen LogP contribution < -0.4 is 11.3 Å². The molecule has 0 radical (unpaired) electrons. The van der Waals surface area contributed by atoms with Crippen molar-refractivity contribution in [3.63, 3.8) is 0 Å². The summed E-state index contributed by atoms with van der Waals surface area (Å²) in [6, 6.07) is 3.60. The van der Waals surface area contributed by atoms with Crippen molar-refractivity contribution < 1.29 is 9.21 Å². The number of nitrogens with two attached hydrogens (primary N) is 1. The molecule has 1 aromatic rings. The largest absolute Gasteiger partial charge is 0.465 e. The van der Waals surface area contributed by atoms with Crippen LogP contribution >= 0.6 is 0 Å². The zero-order valence-electron chi connectivity index (χ0n) is 9.99. The Morgan fingerprint density at radius 3 is 2.75 bits per heavy atom. The first-order chi connectivity index (χ1) is 7.58. The molecule has 5 nitrogen and oxygen atoms in total. The fourth-order valence-electron chi connectivity index (χ4n) is 1.72. The first-order valence-corrected chi connectivity index (χ1v) is 5.34. The van der Waals surface area contributed by atoms with Gasteiger partial charge in [0.2, 0.25) is 0 Å². The highest BCUT2D eigenvalue weighted by Crippen LogP contribution is 2.11. The molecule has 90 valence electrons. The van der Waals surface area contributed by atoms with E-state index in [1.165, 1.54) is 0 Å². The minimum absolute atomic E-state index is 0.173. The fraction of sp³-hybridized carbons (Fsp3) is 0.545. The van der Waals surface area contributed by atoms with Gasteiger partial charge in [-0.05, 0) is 32.5 Å². The van der Waals surface area contributed by atoms with Crippen LogP contribution in [-0.2, 0) is 11.3 Å². The Kier molecular flexibility index (Phi) is 4.52. The lowest BCUT2D eigenvalue weighted by Gasteiger charge is -2.24. The van der Waals surface area contributed by atoms with E-state index in [0.29, 0.717) is 13.0 Å². The molecule has 1 amide bonds. The number of hydrazine groups is 1. The molecule has 0 bridgehead atoms. The highest BCUT2D eigenvalue weighted by Gasteiger charge is 2.21. The Bertz CT molecular complexity index is 349. The van der Waals surface area contributed by atoms with Gasteiger partial charge in [0.1, 0.15) is 11.5 Å². The van der Waals surface area contributed by atoms with Crippen molar-refractivity contribution in [2.75, 3.05) is 7.05 Å². The van der Waals surface area contributed by atoms with Crippen LogP contribution in [0.15, 0.2) is 16.5 Å². The minimum Gasteiger partial charge on any atom is -0.465 e. The van der Waals surface area contributed by atoms with Crippen LogP contribution in [0.1, 0.15) is 24.9 Å². The van der Waals surface area contributed by atoms with E-state index in [2.05, 4.69) is 5.43 Å². The van der Waals surface area contributed by atoms with E-state index in [-0.39, 0.29) is 11.9 Å². The van der Waals surface area contributed by atoms with E-state index in [1.54, 1.807) is 0 Å². The van der Waals surface area contributed by atoms with E-state index in [4.69, 9.17) is 10.3 Å². The van der Waals surface area contributed by atoms with E-state index < -0.39 is 0 Å². The normalized spacial score (nSPS) is 12.8. The zero-order valence-corrected chi connectivity index (χ0v) is 9.99. The number of furan rings is 1. The second-order valence-corrected chi connectivity index (χ2v) is 3.86. The summed E-state index contributed by atoms with van der Waals surface area (Å²) in [5.74, 6) is 6.69. The Morgan fingerprint density at radius 2 is 2.31 bits per heavy atom. The molecule has 0 aliphatic heterocycles. The van der Waals surface area contributed by atoms with Crippen LogP contribution in [0.4, 0.5) is 0 Å². The molecule has 1 aromatic heterocycles. The van der Waals surface area contributed by atoms with Gasteiger partial charge in [-0.1, -0.05) is 6.92 Å². The van der Waals surface area contributed by atoms with Gasteiger partial charge < -0.3 is 4.42 Å². The SMILES string of the molecule is CCC(C(=O)NN)N(C)Cc1ccc(C)o1. The quantitative estimate of drug-likeness (QED) is 0.441. The number of likely N-dealkylation sites (N-methyl/N-ethyl adjacent to an activating group) is 1. The molecular formula is C11H19N3O2. The molecule has 1 atom stereocenters. The standard InChI is InChI=1S/C11H19N3O2/c1-4-10(11(15)13-12)14(3)7-9-6-5-8(2)16-9/h5-6,10H,4,7,12H2,1-3H3,(H,13,15). The monoisotopic (exact) mass is 225 g/mol. The summed E-state index contributed by atoms with van der Waals surface area (Å²) >= 11 is 0. The van der Waals surface area contributed by atoms with Crippen LogP contribution in [0, 0.1) is 6.92 Å². The lowest BCUT2D eigenvalue weighted by Crippen LogP contribution is -2.46. The van der Waals surface area contributed by atoms with Gasteiger partial charge >= 0.3 is 0 Å². The molecule has 1 heterocycles. The lowest BCUT2D eigenvalue weighted by atomic mass is 10.2. The number of nitrogens with one attached hydrogen (secondary N) is 1. The summed E-state index contributed by atoms with van der Waals surface area (Å²) in [6.45, 7) is 4.44. The summed E-state index contributed by atoms with van der Waals surface area (Å²) in [5, 5.41) is 0. The molecule has 1 rings (SSSR count). The van der Waals surface area contributed by atoms with Crippen molar-refractivity contribution in [1.29, 1.82) is 0 Å². The average molecular weight is 225 g/mol. The highest BCUT2D eigenvalue weighted by atomic mass is 16.3. The summed E-state index contributed by atoms with van der Waals surface area (Å²) < 4.78 is 5.46. The summed E-state index contributed by atoms with van der Waals surface area (Å²) in [6.07, 6.45) is 0.708. The molecule has 0 fully saturated rings. The van der Waals surface area contributed by atoms with Gasteiger partial charge in [-0.3, -0.25) is 15.1 Å². The third-order valence-corrected chi connectivity index (χ3v) is 2.56. The summed E-state index contributed by atoms with van der Waals surface area (Å²) in [5.41, 5.74) is 2.18. The average Bonchev–Trinajstić information content (AvgIpc) is 2.64. The van der Waals surface area contributed by atoms with Gasteiger partial charge in [0, 0.05) is 0 Å². The number of amides is 1. The Labute approximate surface area is 95.6 Å². The predicted molar refractivity (Wildman–Crippen MR) is 61.3 cm³/mol. The third kappa shape index (κ3) is 3.08. The molecule has 5 heteroatoms. The second-order valence-electron chi connectivity index (χ2n) is 3.86. The Morgan fingerprint density at radius 1 is 1.62 bits per heavy atom. The van der Waals surface area contributed by atoms with Crippen LogP contribution in [0.3, 0.4) is 0 Å². The first-order valence-electron chi connectivity index (χ1n) is 5.34. The molecule has 0 saturated heterocycles. The van der Waals surface area contributed by atoms with Gasteiger partial charge in [-0.25, -0.2) is 5.84 Å². The van der Waals surface area contributed by atoms with Crippen LogP contribution in [0.5, 0.6) is 0 Å². The number of hydrogen-bond donors (Lipinski definition) is 2. The topological polar surface area (TPSA) is 71.5 Å². The van der Waals surface area contributed by atoms with Crippen LogP contribution in [0.25, 0.3) is 0 Å². The highest BCUT2D eigenvalue weighted by molar-refractivity contribution is 5.80. The number of hydrogen-bond acceptors (Lipinski definition) is 4. The maximum atomic E-state index is 11.5. The van der Waals surface area contributed by atoms with E-state index in [9.17, 15) is 4.79 Å². The van der Waals surface area contributed by atoms with Crippen molar-refractivity contribution in [3.05, 3.63) is 23.7 Å². The molecule has 0 aliphatic carbocycles. The smallest absolute Gasteiger partial charge is 0.251 e. The maximum Gasteiger partial charge on any atom is 0.251 e. The van der Waals surface area contributed by atoms with Crippen molar-refractivity contribution in [1.82, 2.24) is 10.3 Å². The second kappa shape index (κ2) is 5.67. The molecule has 3 N–H and O–H groups in total. The maximum absolute atomic E-state index is 11.5. The van der Waals surface area contributed by atoms with Gasteiger partial charge in [0.05, 0.1) is 12.6 Å². The van der Waals surface area contributed by atoms with Gasteiger partial charge in [0.15, 0.2) is 0 Å². The molecule has 0 spiro atoms. The van der Waals surface area contributed by atoms with Gasteiger partial charge in [-0.15, -0.1) is 0 Å². The number of nitrogens with zero attached hydrogens (tertiary/aromatic N) is 1. The first kappa shape index (κ1) is 12.7. The van der Waals surface area contributed by atoms with Crippen LogP contribution in [0.2, 0.25) is 0 Å². The Hall–Kier alpha value is -1.33. The zero-order chi connectivity index (χ0) is 12.1. The fourth-order valence-corrected chi connectivity index (χ4v) is 1.72. The number of carbonyl (C=O) groups is 1. The van der Waals surface area contributed by atoms with E-state index in [0.717, 1.165) is 11.5 Å². The number of carbonyl (C=O) groups excluding carboxylic acids is 1. The molecule has 1 unspecified atom stereocenters. The van der Waals surface area contributed by atoms with Crippen molar-refractivity contribution in [2.24, 2.45) is 5.84 Å². The van der Waals surface area contributed by atoms with E-state index >= 15 is 0 Å². The predicted octanol–water partition coefficient (Wildman–Crippen LogP) is 0.788. The van der Waals surface area contributed by atoms with Crippen molar-refractivity contribution >= 4 is 5.91 Å². The van der Waals surface area contributed by atoms with Crippen molar-refractivity contribution in [2.45, 2.75) is 32.9 Å². The number of aryl methyl sites for hydroxylation is 1. The summed E-state index contributed by atoms with van der Waals surface area (Å²) in [4.78, 5) is 13.4. The summed E-state index contributed by atoms with van der Waals surface area (Å²) in [7, 11) is 1.88. The minimum atomic E-state index is -0.226.